The quantitative estimate of drug-likeness (QED) is 0.204. The molecule has 0 fully saturated rings. The smallest absolute Gasteiger partial charge is 0.822 e. The molecule has 0 amide bonds. The van der Waals surface area contributed by atoms with Crippen molar-refractivity contribution in [2.75, 3.05) is 12.5 Å². The Kier molecular flexibility index (Phi) is 45.6. The van der Waals surface area contributed by atoms with Crippen LogP contribution in [-0.2, 0) is 67.6 Å². The van der Waals surface area contributed by atoms with Gasteiger partial charge in [0.25, 0.3) is 0 Å². The number of phosphoric acid groups is 2. The summed E-state index contributed by atoms with van der Waals surface area (Å²) in [6.07, 6.45) is 4.12. The molecule has 0 aromatic rings. The zero-order valence-electron chi connectivity index (χ0n) is 9.10. The Hall–Kier alpha value is 2.79. The van der Waals surface area contributed by atoms with Gasteiger partial charge in [-0.1, -0.05) is 21.6 Å². The second-order valence-corrected chi connectivity index (χ2v) is 5.68. The summed E-state index contributed by atoms with van der Waals surface area (Å²) in [5.74, 6) is 0. The van der Waals surface area contributed by atoms with Gasteiger partial charge in [-0.25, -0.2) is 0 Å². The maximum absolute atomic E-state index is 8.55. The molecule has 0 unspecified atom stereocenters. The molecule has 0 aliphatic heterocycles. The topological polar surface area (TPSA) is 172 Å². The minimum Gasteiger partial charge on any atom is -0.822 e. The van der Waals surface area contributed by atoms with Crippen molar-refractivity contribution < 1.29 is 96.9 Å². The van der Waals surface area contributed by atoms with E-state index < -0.39 is 15.6 Å². The van der Waals surface area contributed by atoms with Gasteiger partial charge in [0.05, 0.1) is 0 Å². The first-order valence-corrected chi connectivity index (χ1v) is 8.33. The Morgan fingerprint density at radius 1 is 0.647 bits per heavy atom. The van der Waals surface area contributed by atoms with E-state index in [2.05, 4.69) is 12.5 Å². The van der Waals surface area contributed by atoms with Crippen LogP contribution in [-0.4, -0.2) is 12.5 Å². The minimum atomic E-state index is -5.39. The Balaban J connectivity index is -0.0000000247. The summed E-state index contributed by atoms with van der Waals surface area (Å²) in [6, 6.07) is 0. The summed E-state index contributed by atoms with van der Waals surface area (Å²) >= 11 is 0. The van der Waals surface area contributed by atoms with Gasteiger partial charge in [-0.2, -0.15) is 15.6 Å². The van der Waals surface area contributed by atoms with E-state index in [-0.39, 0.29) is 58.4 Å². The first-order valence-electron chi connectivity index (χ1n) is 2.44. The van der Waals surface area contributed by atoms with E-state index in [1.807, 2.05) is 0 Å². The van der Waals surface area contributed by atoms with Crippen molar-refractivity contribution >= 4 is 37.2 Å². The molecule has 0 saturated heterocycles. The summed E-state index contributed by atoms with van der Waals surface area (Å²) < 4.78 is 17.1. The summed E-state index contributed by atoms with van der Waals surface area (Å²) in [5, 5.41) is 0. The van der Waals surface area contributed by atoms with Crippen LogP contribution in [0.1, 0.15) is 0 Å². The summed E-state index contributed by atoms with van der Waals surface area (Å²) in [5.41, 5.74) is 0. The van der Waals surface area contributed by atoms with E-state index in [0.717, 1.165) is 0 Å². The fourth-order valence-corrected chi connectivity index (χ4v) is 0. The minimum absolute atomic E-state index is 0. The molecule has 0 N–H and O–H groups in total. The predicted octanol–water partition coefficient (Wildman–Crippen LogP) is -4.03. The Bertz CT molecular complexity index is 168. The van der Waals surface area contributed by atoms with E-state index in [1.54, 1.807) is 21.6 Å². The third-order valence-electron chi connectivity index (χ3n) is 0.167. The van der Waals surface area contributed by atoms with Gasteiger partial charge in [-0.15, -0.1) is 0 Å². The van der Waals surface area contributed by atoms with Crippen LogP contribution in [0.25, 0.3) is 0 Å². The molecule has 0 rings (SSSR count). The Labute approximate surface area is 145 Å². The van der Waals surface area contributed by atoms with Crippen molar-refractivity contribution in [1.29, 1.82) is 0 Å². The Morgan fingerprint density at radius 3 is 0.706 bits per heavy atom. The van der Waals surface area contributed by atoms with Crippen molar-refractivity contribution in [2.24, 2.45) is 0 Å². The fraction of sp³-hybridized carbons (Fsp3) is 1.00. The maximum Gasteiger partial charge on any atom is 2.00 e. The van der Waals surface area contributed by atoms with Gasteiger partial charge >= 0.3 is 58.4 Å². The van der Waals surface area contributed by atoms with Crippen molar-refractivity contribution in [2.45, 2.75) is 0 Å². The molecule has 0 aromatic carbocycles. The van der Waals surface area contributed by atoms with Crippen LogP contribution < -0.4 is 29.4 Å². The SMILES string of the molecule is CSSC.O=P([O-])([O-])[O-].O=P([O-])([O-])[O-].[Zn+2].[Zn+2].[Zn+2]. The molecule has 8 nitrogen and oxygen atoms in total. The van der Waals surface area contributed by atoms with Gasteiger partial charge in [0.15, 0.2) is 0 Å². The summed E-state index contributed by atoms with van der Waals surface area (Å²) in [4.78, 5) is 51.3. The predicted molar refractivity (Wildman–Crippen MR) is 42.2 cm³/mol. The second-order valence-electron chi connectivity index (χ2n) is 1.23. The van der Waals surface area contributed by atoms with Crippen LogP contribution >= 0.6 is 37.2 Å². The van der Waals surface area contributed by atoms with Gasteiger partial charge in [0, 0.05) is 0 Å². The van der Waals surface area contributed by atoms with Gasteiger partial charge in [-0.05, 0) is 12.5 Å². The molecule has 0 aromatic heterocycles. The van der Waals surface area contributed by atoms with Crippen LogP contribution in [0, 0.1) is 0 Å². The number of hydrogen-bond donors (Lipinski definition) is 0. The van der Waals surface area contributed by atoms with E-state index in [9.17, 15) is 0 Å². The first kappa shape index (κ1) is 36.7. The van der Waals surface area contributed by atoms with Crippen LogP contribution in [0.5, 0.6) is 0 Å². The van der Waals surface area contributed by atoms with E-state index in [4.69, 9.17) is 38.5 Å². The largest absolute Gasteiger partial charge is 2.00 e. The Morgan fingerprint density at radius 2 is 0.706 bits per heavy atom. The fourth-order valence-electron chi connectivity index (χ4n) is 0. The van der Waals surface area contributed by atoms with Crippen LogP contribution in [0.2, 0.25) is 0 Å². The van der Waals surface area contributed by atoms with Crippen molar-refractivity contribution in [1.82, 2.24) is 0 Å². The van der Waals surface area contributed by atoms with Crippen molar-refractivity contribution in [3.63, 3.8) is 0 Å². The molecule has 17 heavy (non-hydrogen) atoms. The van der Waals surface area contributed by atoms with Gasteiger partial charge in [0.1, 0.15) is 0 Å². The van der Waals surface area contributed by atoms with Crippen LogP contribution in [0.15, 0.2) is 0 Å². The molecular formula is C2H6O8P2S2Zn3. The third-order valence-corrected chi connectivity index (χ3v) is 1.50. The number of rotatable bonds is 1. The van der Waals surface area contributed by atoms with E-state index >= 15 is 0 Å². The molecule has 0 heterocycles. The number of hydrogen-bond acceptors (Lipinski definition) is 10. The summed E-state index contributed by atoms with van der Waals surface area (Å²) in [6.45, 7) is 0. The van der Waals surface area contributed by atoms with Gasteiger partial charge in [-0.3, -0.25) is 0 Å². The zero-order valence-corrected chi connectivity index (χ0v) is 21.4. The van der Waals surface area contributed by atoms with Crippen LogP contribution in [0.4, 0.5) is 0 Å². The molecule has 0 aliphatic carbocycles. The summed E-state index contributed by atoms with van der Waals surface area (Å²) in [7, 11) is -7.23. The average molecular weight is 480 g/mol. The molecule has 0 radical (unpaired) electrons. The zero-order chi connectivity index (χ0) is 12.4. The molecule has 0 atom stereocenters. The molecule has 0 saturated carbocycles. The van der Waals surface area contributed by atoms with Gasteiger partial charge < -0.3 is 38.5 Å². The van der Waals surface area contributed by atoms with Crippen molar-refractivity contribution in [3.8, 4) is 0 Å². The standard InChI is InChI=1S/C2H6S2.2H3O4P.3Zn/c1-3-4-2;2*1-5(2,3)4;;;/h1-2H3;2*(H3,1,2,3,4);;;/q;;;3*+2/p-6. The van der Waals surface area contributed by atoms with Crippen molar-refractivity contribution in [3.05, 3.63) is 0 Å². The van der Waals surface area contributed by atoms with E-state index in [0.29, 0.717) is 0 Å². The second kappa shape index (κ2) is 21.1. The first-order chi connectivity index (χ1) is 5.91. The maximum atomic E-state index is 8.55. The monoisotopic (exact) mass is 476 g/mol. The molecule has 0 bridgehead atoms. The van der Waals surface area contributed by atoms with Gasteiger partial charge in [0.2, 0.25) is 0 Å². The third kappa shape index (κ3) is 369. The normalized spacial score (nSPS) is 8.71. The van der Waals surface area contributed by atoms with E-state index in [1.165, 1.54) is 0 Å². The average Bonchev–Trinajstić information content (AvgIpc) is 1.79. The molecule has 90 valence electrons. The molecule has 0 aliphatic rings. The van der Waals surface area contributed by atoms with Crippen LogP contribution in [0.3, 0.4) is 0 Å². The molecule has 15 heteroatoms. The molecule has 0 spiro atoms. The molecular weight excluding hydrogens is 474 g/mol.